The van der Waals surface area contributed by atoms with Crippen LogP contribution in [0.15, 0.2) is 54.6 Å². The lowest BCUT2D eigenvalue weighted by Gasteiger charge is -2.26. The Labute approximate surface area is 129 Å². The van der Waals surface area contributed by atoms with E-state index in [1.54, 1.807) is 12.1 Å². The van der Waals surface area contributed by atoms with E-state index in [0.717, 1.165) is 5.69 Å². The number of carboxylic acids is 1. The SMILES string of the molecule is CC(CN(CC(=O)O)c1ccc(Cl)cc1)c1ccccc1. The molecule has 0 heterocycles. The molecule has 0 amide bonds. The Hall–Kier alpha value is -2.00. The average molecular weight is 304 g/mol. The van der Waals surface area contributed by atoms with Gasteiger partial charge in [-0.2, -0.15) is 0 Å². The predicted octanol–water partition coefficient (Wildman–Crippen LogP) is 4.03. The molecule has 0 spiro atoms. The summed E-state index contributed by atoms with van der Waals surface area (Å²) in [6, 6.07) is 17.3. The zero-order valence-corrected chi connectivity index (χ0v) is 12.6. The Morgan fingerprint density at radius 2 is 1.76 bits per heavy atom. The summed E-state index contributed by atoms with van der Waals surface area (Å²) in [5.41, 5.74) is 2.06. The topological polar surface area (TPSA) is 40.5 Å². The van der Waals surface area contributed by atoms with Crippen molar-refractivity contribution in [2.24, 2.45) is 0 Å². The van der Waals surface area contributed by atoms with Gasteiger partial charge >= 0.3 is 5.97 Å². The third kappa shape index (κ3) is 4.50. The normalized spacial score (nSPS) is 11.9. The Morgan fingerprint density at radius 3 is 2.33 bits per heavy atom. The Morgan fingerprint density at radius 1 is 1.14 bits per heavy atom. The van der Waals surface area contributed by atoms with E-state index in [0.29, 0.717) is 11.6 Å². The number of benzene rings is 2. The van der Waals surface area contributed by atoms with Gasteiger partial charge in [-0.15, -0.1) is 0 Å². The first kappa shape index (κ1) is 15.4. The highest BCUT2D eigenvalue weighted by molar-refractivity contribution is 6.30. The van der Waals surface area contributed by atoms with E-state index < -0.39 is 5.97 Å². The summed E-state index contributed by atoms with van der Waals surface area (Å²) in [4.78, 5) is 13.0. The molecule has 0 saturated carbocycles. The molecule has 4 heteroatoms. The van der Waals surface area contributed by atoms with Gasteiger partial charge in [0, 0.05) is 17.3 Å². The van der Waals surface area contributed by atoms with Gasteiger partial charge < -0.3 is 10.0 Å². The van der Waals surface area contributed by atoms with E-state index in [9.17, 15) is 4.79 Å². The molecule has 0 aromatic heterocycles. The van der Waals surface area contributed by atoms with Crippen LogP contribution in [0.5, 0.6) is 0 Å². The standard InChI is InChI=1S/C17H18ClNO2/c1-13(14-5-3-2-4-6-14)11-19(12-17(20)21)16-9-7-15(18)8-10-16/h2-10,13H,11-12H2,1H3,(H,20,21). The minimum atomic E-state index is -0.842. The zero-order chi connectivity index (χ0) is 15.2. The average Bonchev–Trinajstić information content (AvgIpc) is 2.48. The van der Waals surface area contributed by atoms with Crippen molar-refractivity contribution in [1.29, 1.82) is 0 Å². The fourth-order valence-electron chi connectivity index (χ4n) is 2.29. The van der Waals surface area contributed by atoms with Gasteiger partial charge in [-0.25, -0.2) is 0 Å². The molecule has 0 fully saturated rings. The maximum absolute atomic E-state index is 11.1. The lowest BCUT2D eigenvalue weighted by molar-refractivity contribution is -0.135. The fraction of sp³-hybridized carbons (Fsp3) is 0.235. The number of aliphatic carboxylic acids is 1. The number of anilines is 1. The van der Waals surface area contributed by atoms with Gasteiger partial charge in [0.05, 0.1) is 0 Å². The Kier molecular flexibility index (Phi) is 5.23. The second-order valence-electron chi connectivity index (χ2n) is 5.06. The number of nitrogens with zero attached hydrogens (tertiary/aromatic N) is 1. The molecule has 2 rings (SSSR count). The van der Waals surface area contributed by atoms with E-state index in [-0.39, 0.29) is 12.5 Å². The van der Waals surface area contributed by atoms with E-state index in [4.69, 9.17) is 16.7 Å². The zero-order valence-electron chi connectivity index (χ0n) is 11.9. The van der Waals surface area contributed by atoms with Gasteiger partial charge in [-0.3, -0.25) is 4.79 Å². The first-order valence-electron chi connectivity index (χ1n) is 6.83. The highest BCUT2D eigenvalue weighted by atomic mass is 35.5. The summed E-state index contributed by atoms with van der Waals surface area (Å²) >= 11 is 5.89. The second kappa shape index (κ2) is 7.14. The van der Waals surface area contributed by atoms with E-state index in [1.165, 1.54) is 5.56 Å². The first-order chi connectivity index (χ1) is 10.1. The monoisotopic (exact) mass is 303 g/mol. The lowest BCUT2D eigenvalue weighted by Crippen LogP contribution is -2.32. The van der Waals surface area contributed by atoms with E-state index in [2.05, 4.69) is 19.1 Å². The highest BCUT2D eigenvalue weighted by Gasteiger charge is 2.15. The van der Waals surface area contributed by atoms with Crippen molar-refractivity contribution >= 4 is 23.3 Å². The number of halogens is 1. The number of carbonyl (C=O) groups is 1. The predicted molar refractivity (Wildman–Crippen MR) is 86.2 cm³/mol. The van der Waals surface area contributed by atoms with Crippen LogP contribution in [0.4, 0.5) is 5.69 Å². The number of hydrogen-bond donors (Lipinski definition) is 1. The molecule has 0 radical (unpaired) electrons. The molecule has 0 bridgehead atoms. The molecule has 21 heavy (non-hydrogen) atoms. The van der Waals surface area contributed by atoms with Gasteiger partial charge in [0.1, 0.15) is 6.54 Å². The molecule has 0 aliphatic rings. The summed E-state index contributed by atoms with van der Waals surface area (Å²) in [5.74, 6) is -0.605. The smallest absolute Gasteiger partial charge is 0.323 e. The second-order valence-corrected chi connectivity index (χ2v) is 5.50. The summed E-state index contributed by atoms with van der Waals surface area (Å²) in [6.45, 7) is 2.71. The van der Waals surface area contributed by atoms with Crippen LogP contribution in [-0.4, -0.2) is 24.2 Å². The van der Waals surface area contributed by atoms with Crippen LogP contribution in [0.3, 0.4) is 0 Å². The van der Waals surface area contributed by atoms with Crippen LogP contribution in [0.25, 0.3) is 0 Å². The molecule has 1 N–H and O–H groups in total. The summed E-state index contributed by atoms with van der Waals surface area (Å²) < 4.78 is 0. The largest absolute Gasteiger partial charge is 0.480 e. The number of carboxylic acid groups (broad SMARTS) is 1. The van der Waals surface area contributed by atoms with Crippen LogP contribution in [0.1, 0.15) is 18.4 Å². The molecule has 0 saturated heterocycles. The van der Waals surface area contributed by atoms with E-state index in [1.807, 2.05) is 35.2 Å². The lowest BCUT2D eigenvalue weighted by atomic mass is 10.0. The first-order valence-corrected chi connectivity index (χ1v) is 7.21. The molecular formula is C17H18ClNO2. The minimum Gasteiger partial charge on any atom is -0.480 e. The third-order valence-electron chi connectivity index (χ3n) is 3.38. The van der Waals surface area contributed by atoms with Crippen LogP contribution >= 0.6 is 11.6 Å². The summed E-state index contributed by atoms with van der Waals surface area (Å²) in [7, 11) is 0. The molecule has 110 valence electrons. The quantitative estimate of drug-likeness (QED) is 0.875. The van der Waals surface area contributed by atoms with Crippen LogP contribution in [0.2, 0.25) is 5.02 Å². The maximum atomic E-state index is 11.1. The highest BCUT2D eigenvalue weighted by Crippen LogP contribution is 2.22. The maximum Gasteiger partial charge on any atom is 0.323 e. The Balaban J connectivity index is 2.16. The van der Waals surface area contributed by atoms with Crippen LogP contribution < -0.4 is 4.90 Å². The van der Waals surface area contributed by atoms with Gasteiger partial charge in [0.2, 0.25) is 0 Å². The van der Waals surface area contributed by atoms with Crippen molar-refractivity contribution in [1.82, 2.24) is 0 Å². The molecule has 1 unspecified atom stereocenters. The van der Waals surface area contributed by atoms with Crippen molar-refractivity contribution in [3.8, 4) is 0 Å². The number of rotatable bonds is 6. The third-order valence-corrected chi connectivity index (χ3v) is 3.63. The van der Waals surface area contributed by atoms with E-state index >= 15 is 0 Å². The minimum absolute atomic E-state index is 0.0290. The van der Waals surface area contributed by atoms with Crippen molar-refractivity contribution in [3.63, 3.8) is 0 Å². The van der Waals surface area contributed by atoms with Crippen LogP contribution in [-0.2, 0) is 4.79 Å². The van der Waals surface area contributed by atoms with Gasteiger partial charge in [0.25, 0.3) is 0 Å². The summed E-state index contributed by atoms with van der Waals surface area (Å²) in [5, 5.41) is 9.76. The molecular weight excluding hydrogens is 286 g/mol. The van der Waals surface area contributed by atoms with Gasteiger partial charge in [0.15, 0.2) is 0 Å². The fourth-order valence-corrected chi connectivity index (χ4v) is 2.42. The Bertz CT molecular complexity index is 583. The molecule has 1 atom stereocenters. The van der Waals surface area contributed by atoms with Crippen LogP contribution in [0, 0.1) is 0 Å². The van der Waals surface area contributed by atoms with Crippen molar-refractivity contribution in [3.05, 3.63) is 65.2 Å². The molecule has 2 aromatic carbocycles. The summed E-state index contributed by atoms with van der Waals surface area (Å²) in [6.07, 6.45) is 0. The molecule has 3 nitrogen and oxygen atoms in total. The molecule has 2 aromatic rings. The molecule has 0 aliphatic carbocycles. The molecule has 0 aliphatic heterocycles. The van der Waals surface area contributed by atoms with Crippen molar-refractivity contribution in [2.45, 2.75) is 12.8 Å². The van der Waals surface area contributed by atoms with Crippen molar-refractivity contribution in [2.75, 3.05) is 18.0 Å². The number of hydrogen-bond acceptors (Lipinski definition) is 2. The van der Waals surface area contributed by atoms with Crippen molar-refractivity contribution < 1.29 is 9.90 Å². The van der Waals surface area contributed by atoms with Gasteiger partial charge in [-0.1, -0.05) is 48.9 Å². The van der Waals surface area contributed by atoms with Gasteiger partial charge in [-0.05, 0) is 35.7 Å².